The molecule has 5 aromatic rings. The van der Waals surface area contributed by atoms with Crippen molar-refractivity contribution in [3.8, 4) is 0 Å². The van der Waals surface area contributed by atoms with Crippen LogP contribution in [0.5, 0.6) is 0 Å². The lowest BCUT2D eigenvalue weighted by Gasteiger charge is -2.49. The van der Waals surface area contributed by atoms with E-state index in [1.807, 2.05) is 0 Å². The van der Waals surface area contributed by atoms with Crippen LogP contribution < -0.4 is 55.3 Å². The Morgan fingerprint density at radius 3 is 1.16 bits per heavy atom. The van der Waals surface area contributed by atoms with E-state index in [4.69, 9.17) is 129 Å². The van der Waals surface area contributed by atoms with Crippen LogP contribution in [0.2, 0.25) is 25.1 Å². The molecule has 82 heavy (non-hydrogen) atoms. The van der Waals surface area contributed by atoms with Gasteiger partial charge in [0, 0.05) is 78.6 Å². The summed E-state index contributed by atoms with van der Waals surface area (Å²) in [5.74, 6) is 0. The number of rotatable bonds is 16. The molecule has 8 rings (SSSR count). The Morgan fingerprint density at radius 1 is 0.415 bits per heavy atom. The maximum atomic E-state index is 14.1. The fraction of sp³-hybridized carbons (Fsp3) is 0.340. The first-order chi connectivity index (χ1) is 39.3. The van der Waals surface area contributed by atoms with Gasteiger partial charge in [0.15, 0.2) is 30.9 Å². The second kappa shape index (κ2) is 28.7. The minimum Gasteiger partial charge on any atom is -0.446 e. The molecule has 2 aliphatic heterocycles. The van der Waals surface area contributed by atoms with Gasteiger partial charge in [-0.15, -0.1) is 0 Å². The van der Waals surface area contributed by atoms with Crippen molar-refractivity contribution >= 4 is 117 Å². The molecule has 0 unspecified atom stereocenters. The molecule has 24 nitrogen and oxygen atoms in total. The number of carbonyl (C=O) groups excluding carboxylic acids is 5. The number of benzene rings is 5. The summed E-state index contributed by atoms with van der Waals surface area (Å²) in [5, 5.41) is 14.9. The molecule has 29 heteroatoms. The molecule has 2 heterocycles. The Labute approximate surface area is 494 Å². The van der Waals surface area contributed by atoms with Gasteiger partial charge in [-0.2, -0.15) is 0 Å². The van der Waals surface area contributed by atoms with Crippen molar-refractivity contribution in [3.05, 3.63) is 146 Å². The summed E-state index contributed by atoms with van der Waals surface area (Å²) in [6.07, 6.45) is -19.6. The summed E-state index contributed by atoms with van der Waals surface area (Å²) in [6.45, 7) is -0.852. The zero-order valence-corrected chi connectivity index (χ0v) is 46.7. The van der Waals surface area contributed by atoms with Gasteiger partial charge in [-0.25, -0.2) is 24.0 Å². The van der Waals surface area contributed by atoms with Crippen molar-refractivity contribution in [2.45, 2.75) is 98.4 Å². The van der Waals surface area contributed by atoms with Gasteiger partial charge in [0.05, 0.1) is 12.1 Å². The summed E-state index contributed by atoms with van der Waals surface area (Å²) < 4.78 is 55.4. The maximum absolute atomic E-state index is 14.1. The highest BCUT2D eigenvalue weighted by molar-refractivity contribution is 6.31. The van der Waals surface area contributed by atoms with Gasteiger partial charge in [-0.3, -0.25) is 26.6 Å². The third-order valence-corrected chi connectivity index (χ3v) is 14.2. The van der Waals surface area contributed by atoms with Gasteiger partial charge in [-0.05, 0) is 128 Å². The molecule has 0 radical (unpaired) electrons. The standard InChI is InChI=1S/C53H57Cl5N10O14/c54-25-1-11-30(12-2-25)64-49(69)74-24-40-44(80-51(71)66-32-15-5-27(56)6-16-32)41(63)45(81-52(72)67-33-17-7-28(57)8-18-33)48(76-40)79-43-36(61)21-35(60)42(46(43)82-53(73)68-34-19-9-29(58)10-20-34)78-47-37(62)22-38(39(23-59)75-47)77-50(70)65-31-13-3-26(55)4-14-31/h1-20,35-48H,21-24,59-63H2,(H,64,69)(H,65,70)(H,66,71)(H,67,72)(H,68,73)/t35-,36+,37+,38-,39+,40+,41-,42+,43-,44+,45+,46-,47+,48+/m0/s1. The van der Waals surface area contributed by atoms with Crippen molar-refractivity contribution in [1.29, 1.82) is 0 Å². The average Bonchev–Trinajstić information content (AvgIpc) is 3.63. The van der Waals surface area contributed by atoms with Crippen LogP contribution in [0.25, 0.3) is 0 Å². The summed E-state index contributed by atoms with van der Waals surface area (Å²) in [5.41, 5.74) is 35.0. The zero-order valence-electron chi connectivity index (χ0n) is 43.0. The molecular weight excluding hydrogens is 1180 g/mol. The van der Waals surface area contributed by atoms with Crippen LogP contribution in [0.4, 0.5) is 52.4 Å². The first kappa shape index (κ1) is 61.6. The third-order valence-electron chi connectivity index (χ3n) is 13.0. The molecule has 5 amide bonds. The van der Waals surface area contributed by atoms with E-state index in [0.717, 1.165) is 0 Å². The van der Waals surface area contributed by atoms with Crippen LogP contribution in [-0.2, 0) is 42.6 Å². The van der Waals surface area contributed by atoms with Gasteiger partial charge in [-0.1, -0.05) is 58.0 Å². The molecule has 0 aromatic heterocycles. The first-order valence-corrected chi connectivity index (χ1v) is 27.1. The van der Waals surface area contributed by atoms with Gasteiger partial charge in [0.2, 0.25) is 0 Å². The van der Waals surface area contributed by atoms with E-state index < -0.39 is 123 Å². The lowest BCUT2D eigenvalue weighted by atomic mass is 9.84. The van der Waals surface area contributed by atoms with Crippen molar-refractivity contribution in [1.82, 2.24) is 0 Å². The molecule has 3 aliphatic rings. The van der Waals surface area contributed by atoms with Crippen LogP contribution in [0.15, 0.2) is 121 Å². The average molecular weight is 1240 g/mol. The minimum atomic E-state index is -1.83. The number of nitrogens with one attached hydrogen (secondary N) is 5. The van der Waals surface area contributed by atoms with Crippen molar-refractivity contribution in [3.63, 3.8) is 0 Å². The monoisotopic (exact) mass is 1230 g/mol. The van der Waals surface area contributed by atoms with E-state index in [0.29, 0.717) is 36.5 Å². The molecule has 1 saturated carbocycles. The quantitative estimate of drug-likeness (QED) is 0.0415. The van der Waals surface area contributed by atoms with Crippen LogP contribution in [0, 0.1) is 0 Å². The Morgan fingerprint density at radius 2 is 0.756 bits per heavy atom. The Hall–Kier alpha value is -6.46. The number of hydrogen-bond acceptors (Lipinski definition) is 19. The third kappa shape index (κ3) is 17.1. The molecule has 2 saturated heterocycles. The second-order valence-electron chi connectivity index (χ2n) is 18.9. The lowest BCUT2D eigenvalue weighted by molar-refractivity contribution is -0.312. The molecule has 15 N–H and O–H groups in total. The summed E-state index contributed by atoms with van der Waals surface area (Å²) in [7, 11) is 0. The Balaban J connectivity index is 1.10. The van der Waals surface area contributed by atoms with Gasteiger partial charge >= 0.3 is 30.5 Å². The highest BCUT2D eigenvalue weighted by Crippen LogP contribution is 2.35. The van der Waals surface area contributed by atoms with E-state index >= 15 is 0 Å². The van der Waals surface area contributed by atoms with Crippen LogP contribution in [0.3, 0.4) is 0 Å². The van der Waals surface area contributed by atoms with Crippen LogP contribution >= 0.6 is 58.0 Å². The highest BCUT2D eigenvalue weighted by Gasteiger charge is 2.55. The van der Waals surface area contributed by atoms with E-state index in [1.165, 1.54) is 97.1 Å². The van der Waals surface area contributed by atoms with Crippen LogP contribution in [0.1, 0.15) is 12.8 Å². The molecule has 438 valence electrons. The molecule has 0 spiro atoms. The fourth-order valence-electron chi connectivity index (χ4n) is 8.96. The number of hydrogen-bond donors (Lipinski definition) is 10. The summed E-state index contributed by atoms with van der Waals surface area (Å²) in [4.78, 5) is 68.1. The molecule has 0 bridgehead atoms. The number of nitrogens with two attached hydrogens (primary N) is 5. The van der Waals surface area contributed by atoms with Gasteiger partial charge in [0.25, 0.3) is 0 Å². The molecular formula is C53H57Cl5N10O14. The first-order valence-electron chi connectivity index (χ1n) is 25.2. The topological polar surface area (TPSA) is 359 Å². The second-order valence-corrected chi connectivity index (χ2v) is 21.1. The molecule has 14 atom stereocenters. The van der Waals surface area contributed by atoms with Crippen LogP contribution in [-0.4, -0.2) is 129 Å². The Bertz CT molecular complexity index is 2970. The zero-order chi connectivity index (χ0) is 58.6. The normalized spacial score (nSPS) is 26.9. The lowest BCUT2D eigenvalue weighted by Crippen LogP contribution is -2.69. The number of carbonyl (C=O) groups is 5. The van der Waals surface area contributed by atoms with E-state index in [2.05, 4.69) is 26.6 Å². The largest absolute Gasteiger partial charge is 0.446 e. The minimum absolute atomic E-state index is 0.0302. The predicted octanol–water partition coefficient (Wildman–Crippen LogP) is 8.25. The number of ether oxygens (including phenoxy) is 9. The highest BCUT2D eigenvalue weighted by atomic mass is 35.5. The van der Waals surface area contributed by atoms with Gasteiger partial charge < -0.3 is 71.3 Å². The van der Waals surface area contributed by atoms with Gasteiger partial charge in [0.1, 0.15) is 37.1 Å². The molecule has 5 aromatic carbocycles. The fourth-order valence-corrected chi connectivity index (χ4v) is 9.59. The van der Waals surface area contributed by atoms with E-state index in [1.54, 1.807) is 24.3 Å². The smallest absolute Gasteiger partial charge is 0.412 e. The molecule has 1 aliphatic carbocycles. The van der Waals surface area contributed by atoms with Crippen molar-refractivity contribution in [2.75, 3.05) is 39.7 Å². The van der Waals surface area contributed by atoms with Crippen molar-refractivity contribution in [2.24, 2.45) is 28.7 Å². The predicted molar refractivity (Wildman–Crippen MR) is 305 cm³/mol. The number of anilines is 5. The molecule has 3 fully saturated rings. The van der Waals surface area contributed by atoms with E-state index in [9.17, 15) is 24.0 Å². The number of amides is 5. The Kier molecular flexibility index (Phi) is 21.6. The van der Waals surface area contributed by atoms with E-state index in [-0.39, 0.29) is 36.4 Å². The maximum Gasteiger partial charge on any atom is 0.412 e. The summed E-state index contributed by atoms with van der Waals surface area (Å²) >= 11 is 30.4. The summed E-state index contributed by atoms with van der Waals surface area (Å²) in [6, 6.07) is 25.8. The SMILES string of the molecule is NC[C@H]1O[C@H](O[C@H]2[C@H](OC(=O)Nc3ccc(Cl)cc3)[C@@H](O[C@H]3O[C@H](COC(=O)Nc4ccc(Cl)cc4)[C@@H](OC(=O)Nc4ccc(Cl)cc4)[C@H](N)[C@H]3OC(=O)Nc3ccc(Cl)cc3)[C@H](N)C[C@@H]2N)[C@H](N)C[C@@H]1OC(=O)Nc1ccc(Cl)cc1. The number of halogens is 5. The van der Waals surface area contributed by atoms with Crippen molar-refractivity contribution < 1.29 is 66.6 Å².